The van der Waals surface area contributed by atoms with Gasteiger partial charge in [-0.15, -0.1) is 0 Å². The quantitative estimate of drug-likeness (QED) is 0.873. The number of aliphatic hydroxyl groups excluding tert-OH is 1. The van der Waals surface area contributed by atoms with E-state index in [2.05, 4.69) is 10.3 Å². The maximum absolute atomic E-state index is 14.0. The first kappa shape index (κ1) is 15.0. The zero-order chi connectivity index (χ0) is 14.5. The zero-order valence-electron chi connectivity index (χ0n) is 11.7. The molecule has 0 saturated heterocycles. The van der Waals surface area contributed by atoms with Crippen LogP contribution in [0, 0.1) is 11.6 Å². The lowest BCUT2D eigenvalue weighted by Crippen LogP contribution is -2.40. The first-order chi connectivity index (χ1) is 9.67. The topological polar surface area (TPSA) is 48.4 Å². The van der Waals surface area contributed by atoms with Crippen molar-refractivity contribution in [2.24, 2.45) is 0 Å². The van der Waals surface area contributed by atoms with E-state index in [0.717, 1.165) is 31.7 Å². The van der Waals surface area contributed by atoms with Gasteiger partial charge >= 0.3 is 0 Å². The molecule has 1 aliphatic carbocycles. The average Bonchev–Trinajstić information content (AvgIpc) is 2.46. The summed E-state index contributed by atoms with van der Waals surface area (Å²) in [6, 6.07) is 1.01. The Kier molecular flexibility index (Phi) is 5.11. The summed E-state index contributed by atoms with van der Waals surface area (Å²) in [6.45, 7) is 0.229. The van der Waals surface area contributed by atoms with Crippen molar-refractivity contribution in [3.63, 3.8) is 0 Å². The fraction of sp³-hybridized carbons (Fsp3) is 0.643. The molecule has 0 spiro atoms. The van der Waals surface area contributed by atoms with Crippen LogP contribution in [0.2, 0.25) is 0 Å². The number of aromatic nitrogens is 1. The van der Waals surface area contributed by atoms with E-state index in [1.54, 1.807) is 11.9 Å². The highest BCUT2D eigenvalue weighted by atomic mass is 19.1. The van der Waals surface area contributed by atoms with E-state index in [4.69, 9.17) is 0 Å². The molecule has 0 aliphatic heterocycles. The molecular weight excluding hydrogens is 264 g/mol. The van der Waals surface area contributed by atoms with Crippen LogP contribution in [0.4, 0.5) is 20.4 Å². The van der Waals surface area contributed by atoms with Gasteiger partial charge in [-0.05, 0) is 12.8 Å². The lowest BCUT2D eigenvalue weighted by atomic mass is 9.94. The van der Waals surface area contributed by atoms with Crippen LogP contribution >= 0.6 is 0 Å². The number of rotatable bonds is 5. The maximum Gasteiger partial charge on any atom is 0.168 e. The van der Waals surface area contributed by atoms with Gasteiger partial charge in [0.05, 0.1) is 6.61 Å². The number of hydrogen-bond acceptors (Lipinski definition) is 4. The van der Waals surface area contributed by atoms with E-state index in [1.165, 1.54) is 6.42 Å². The number of nitrogens with zero attached hydrogens (tertiary/aromatic N) is 2. The van der Waals surface area contributed by atoms with Gasteiger partial charge in [0.15, 0.2) is 23.3 Å². The Morgan fingerprint density at radius 1 is 1.30 bits per heavy atom. The second kappa shape index (κ2) is 6.83. The molecule has 0 radical (unpaired) electrons. The van der Waals surface area contributed by atoms with Crippen molar-refractivity contribution in [3.8, 4) is 0 Å². The zero-order valence-corrected chi connectivity index (χ0v) is 11.7. The van der Waals surface area contributed by atoms with Crippen LogP contribution in [0.1, 0.15) is 32.1 Å². The molecule has 1 aliphatic rings. The molecule has 0 unspecified atom stereocenters. The molecule has 0 atom stereocenters. The van der Waals surface area contributed by atoms with Crippen LogP contribution in [-0.2, 0) is 0 Å². The third-order valence-electron chi connectivity index (χ3n) is 3.78. The Hall–Kier alpha value is -1.43. The molecule has 1 saturated carbocycles. The molecule has 1 aromatic heterocycles. The summed E-state index contributed by atoms with van der Waals surface area (Å²) in [7, 11) is 1.55. The normalized spacial score (nSPS) is 16.2. The first-order valence-electron chi connectivity index (χ1n) is 7.08. The van der Waals surface area contributed by atoms with Gasteiger partial charge in [-0.2, -0.15) is 0 Å². The number of hydrogen-bond donors (Lipinski definition) is 2. The number of halogens is 2. The molecular formula is C14H21F2N3O. The van der Waals surface area contributed by atoms with Crippen LogP contribution in [0.3, 0.4) is 0 Å². The Morgan fingerprint density at radius 2 is 2.00 bits per heavy atom. The van der Waals surface area contributed by atoms with E-state index in [1.807, 2.05) is 0 Å². The summed E-state index contributed by atoms with van der Waals surface area (Å²) in [6.07, 6.45) is 5.27. The average molecular weight is 285 g/mol. The van der Waals surface area contributed by atoms with E-state index in [0.29, 0.717) is 6.54 Å². The fourth-order valence-corrected chi connectivity index (χ4v) is 2.80. The Bertz CT molecular complexity index is 450. The van der Waals surface area contributed by atoms with Crippen LogP contribution < -0.4 is 10.2 Å². The predicted octanol–water partition coefficient (Wildman–Crippen LogP) is 2.53. The maximum atomic E-state index is 14.0. The summed E-state index contributed by atoms with van der Waals surface area (Å²) in [5.41, 5.74) is 0. The monoisotopic (exact) mass is 285 g/mol. The molecule has 1 fully saturated rings. The van der Waals surface area contributed by atoms with E-state index >= 15 is 0 Å². The van der Waals surface area contributed by atoms with E-state index in [9.17, 15) is 13.9 Å². The SMILES string of the molecule is CNc1nc(N(CCO)C2CCCCC2)c(F)cc1F. The molecule has 2 N–H and O–H groups in total. The second-order valence-corrected chi connectivity index (χ2v) is 5.08. The van der Waals surface area contributed by atoms with Crippen LogP contribution in [0.15, 0.2) is 6.07 Å². The Morgan fingerprint density at radius 3 is 2.60 bits per heavy atom. The van der Waals surface area contributed by atoms with Gasteiger partial charge in [-0.1, -0.05) is 19.3 Å². The van der Waals surface area contributed by atoms with Crippen LogP contribution in [0.25, 0.3) is 0 Å². The van der Waals surface area contributed by atoms with Gasteiger partial charge in [0.25, 0.3) is 0 Å². The molecule has 0 amide bonds. The summed E-state index contributed by atoms with van der Waals surface area (Å²) in [5, 5.41) is 11.8. The standard InChI is InChI=1S/C14H21F2N3O/c1-17-13-11(15)9-12(16)14(18-13)19(7-8-20)10-5-3-2-4-6-10/h9-10,20H,2-8H2,1H3,(H,17,18). The molecule has 1 aromatic rings. The van der Waals surface area contributed by atoms with Crippen molar-refractivity contribution in [1.29, 1.82) is 0 Å². The summed E-state index contributed by atoms with van der Waals surface area (Å²) < 4.78 is 27.5. The highest BCUT2D eigenvalue weighted by molar-refractivity contribution is 5.49. The number of pyridine rings is 1. The van der Waals surface area contributed by atoms with E-state index < -0.39 is 11.6 Å². The van der Waals surface area contributed by atoms with Crippen molar-refractivity contribution in [2.45, 2.75) is 38.1 Å². The van der Waals surface area contributed by atoms with Crippen LogP contribution in [-0.4, -0.2) is 36.3 Å². The highest BCUT2D eigenvalue weighted by Crippen LogP contribution is 2.29. The minimum Gasteiger partial charge on any atom is -0.395 e. The predicted molar refractivity (Wildman–Crippen MR) is 75.0 cm³/mol. The molecule has 112 valence electrons. The minimum absolute atomic E-state index is 0.0279. The summed E-state index contributed by atoms with van der Waals surface area (Å²) in [4.78, 5) is 5.81. The molecule has 0 aromatic carbocycles. The van der Waals surface area contributed by atoms with Crippen molar-refractivity contribution in [1.82, 2.24) is 4.98 Å². The minimum atomic E-state index is -0.707. The van der Waals surface area contributed by atoms with Gasteiger partial charge in [0.2, 0.25) is 0 Å². The largest absolute Gasteiger partial charge is 0.395 e. The Balaban J connectivity index is 2.32. The number of aliphatic hydroxyl groups is 1. The van der Waals surface area contributed by atoms with Gasteiger partial charge in [-0.3, -0.25) is 0 Å². The summed E-state index contributed by atoms with van der Waals surface area (Å²) >= 11 is 0. The van der Waals surface area contributed by atoms with Gasteiger partial charge in [0, 0.05) is 25.7 Å². The molecule has 1 heterocycles. The third-order valence-corrected chi connectivity index (χ3v) is 3.78. The smallest absolute Gasteiger partial charge is 0.168 e. The first-order valence-corrected chi connectivity index (χ1v) is 7.08. The third kappa shape index (κ3) is 3.17. The van der Waals surface area contributed by atoms with Crippen LogP contribution in [0.5, 0.6) is 0 Å². The van der Waals surface area contributed by atoms with E-state index in [-0.39, 0.29) is 24.3 Å². The van der Waals surface area contributed by atoms with Gasteiger partial charge in [-0.25, -0.2) is 13.8 Å². The second-order valence-electron chi connectivity index (χ2n) is 5.08. The lowest BCUT2D eigenvalue weighted by molar-refractivity contribution is 0.288. The van der Waals surface area contributed by atoms with Crippen molar-refractivity contribution in [3.05, 3.63) is 17.7 Å². The number of nitrogens with one attached hydrogen (secondary N) is 1. The lowest BCUT2D eigenvalue weighted by Gasteiger charge is -2.35. The molecule has 2 rings (SSSR count). The number of anilines is 2. The van der Waals surface area contributed by atoms with Crippen molar-refractivity contribution < 1.29 is 13.9 Å². The van der Waals surface area contributed by atoms with Crippen molar-refractivity contribution in [2.75, 3.05) is 30.4 Å². The molecule has 20 heavy (non-hydrogen) atoms. The highest BCUT2D eigenvalue weighted by Gasteiger charge is 2.25. The van der Waals surface area contributed by atoms with Crippen molar-refractivity contribution >= 4 is 11.6 Å². The molecule has 4 nitrogen and oxygen atoms in total. The molecule has 0 bridgehead atoms. The fourth-order valence-electron chi connectivity index (χ4n) is 2.80. The van der Waals surface area contributed by atoms with Gasteiger partial charge in [0.1, 0.15) is 0 Å². The summed E-state index contributed by atoms with van der Waals surface area (Å²) in [5.74, 6) is -1.24. The molecule has 6 heteroatoms. The van der Waals surface area contributed by atoms with Gasteiger partial charge < -0.3 is 15.3 Å². The Labute approximate surface area is 117 Å².